The normalized spacial score (nSPS) is 12.9. The van der Waals surface area contributed by atoms with Crippen molar-refractivity contribution in [3.8, 4) is 16.5 Å². The summed E-state index contributed by atoms with van der Waals surface area (Å²) in [5, 5.41) is 13.4. The molecule has 3 rings (SSSR count). The average molecular weight is 528 g/mol. The number of carbonyl (C=O) groups is 1. The number of hydrogen-bond donors (Lipinski definition) is 3. The van der Waals surface area contributed by atoms with Crippen LogP contribution in [0.1, 0.15) is 42.2 Å². The minimum absolute atomic E-state index is 0.0763. The second-order valence-corrected chi connectivity index (χ2v) is 10.5. The van der Waals surface area contributed by atoms with E-state index in [2.05, 4.69) is 20.3 Å². The Kier molecular flexibility index (Phi) is 7.97. The summed E-state index contributed by atoms with van der Waals surface area (Å²) < 4.78 is 55.6. The Balaban J connectivity index is 1.84. The molecule has 3 N–H and O–H groups in total. The number of ether oxygens (including phenoxy) is 1. The number of sulfonamides is 1. The van der Waals surface area contributed by atoms with E-state index in [-0.39, 0.29) is 16.3 Å². The van der Waals surface area contributed by atoms with Crippen LogP contribution in [-0.4, -0.2) is 52.3 Å². The number of nitrogens with zero attached hydrogens (tertiary/aromatic N) is 3. The van der Waals surface area contributed by atoms with Gasteiger partial charge in [0, 0.05) is 11.9 Å². The fourth-order valence-electron chi connectivity index (χ4n) is 3.03. The molecule has 0 radical (unpaired) electrons. The maximum absolute atomic E-state index is 12.9. The number of halogens is 2. The van der Waals surface area contributed by atoms with Gasteiger partial charge in [0.2, 0.25) is 5.88 Å². The summed E-state index contributed by atoms with van der Waals surface area (Å²) >= 11 is 1.05. The molecule has 3 aromatic rings. The molecular weight excluding hydrogens is 504 g/mol. The third-order valence-electron chi connectivity index (χ3n) is 4.55. The molecule has 0 spiro atoms. The highest BCUT2D eigenvalue weighted by atomic mass is 32.2. The van der Waals surface area contributed by atoms with Gasteiger partial charge in [0.25, 0.3) is 15.9 Å². The van der Waals surface area contributed by atoms with Crippen molar-refractivity contribution in [1.29, 1.82) is 0 Å². The van der Waals surface area contributed by atoms with Crippen LogP contribution in [0.5, 0.6) is 5.88 Å². The van der Waals surface area contributed by atoms with E-state index in [1.54, 1.807) is 4.72 Å². The number of aromatic nitrogens is 3. The van der Waals surface area contributed by atoms with Crippen molar-refractivity contribution in [2.45, 2.75) is 38.2 Å². The molecule has 1 atom stereocenters. The van der Waals surface area contributed by atoms with Crippen molar-refractivity contribution in [1.82, 2.24) is 20.3 Å². The van der Waals surface area contributed by atoms with Crippen LogP contribution in [0.3, 0.4) is 0 Å². The molecular formula is C21H23F2N5O5S2. The van der Waals surface area contributed by atoms with Crippen molar-refractivity contribution in [2.75, 3.05) is 11.3 Å². The van der Waals surface area contributed by atoms with Crippen LogP contribution >= 0.6 is 11.3 Å². The number of carbonyl (C=O) groups excluding carboxylic acids is 1. The molecule has 0 fully saturated rings. The lowest BCUT2D eigenvalue weighted by Gasteiger charge is -2.30. The molecule has 35 heavy (non-hydrogen) atoms. The van der Waals surface area contributed by atoms with Gasteiger partial charge in [-0.1, -0.05) is 12.1 Å². The summed E-state index contributed by atoms with van der Waals surface area (Å²) in [4.78, 5) is 26.0. The fraction of sp³-hybridized carbons (Fsp3) is 0.333. The van der Waals surface area contributed by atoms with Gasteiger partial charge in [-0.2, -0.15) is 8.78 Å². The van der Waals surface area contributed by atoms with E-state index >= 15 is 0 Å². The van der Waals surface area contributed by atoms with E-state index in [0.29, 0.717) is 23.1 Å². The van der Waals surface area contributed by atoms with Gasteiger partial charge in [-0.3, -0.25) is 14.5 Å². The number of nitrogens with one attached hydrogen (secondary N) is 2. The maximum Gasteiger partial charge on any atom is 0.355 e. The fourth-order valence-corrected chi connectivity index (χ4v) is 4.35. The van der Waals surface area contributed by atoms with Crippen LogP contribution in [0.15, 0.2) is 42.9 Å². The number of aliphatic hydroxyl groups is 1. The molecule has 0 saturated heterocycles. The number of hydrogen-bond acceptors (Lipinski definition) is 9. The Morgan fingerprint density at radius 3 is 2.66 bits per heavy atom. The summed E-state index contributed by atoms with van der Waals surface area (Å²) in [5.74, 6) is -3.90. The Labute approximate surface area is 204 Å². The first kappa shape index (κ1) is 26.4. The first-order valence-electron chi connectivity index (χ1n) is 10.2. The molecule has 188 valence electrons. The highest BCUT2D eigenvalue weighted by Gasteiger charge is 2.32. The van der Waals surface area contributed by atoms with Crippen molar-refractivity contribution >= 4 is 33.0 Å². The lowest BCUT2D eigenvalue weighted by atomic mass is 9.91. The molecule has 2 heterocycles. The zero-order chi connectivity index (χ0) is 25.8. The van der Waals surface area contributed by atoms with Gasteiger partial charge in [-0.25, -0.2) is 18.4 Å². The number of benzene rings is 1. The van der Waals surface area contributed by atoms with Crippen LogP contribution in [0.25, 0.3) is 10.6 Å². The molecule has 0 unspecified atom stereocenters. The molecule has 0 aliphatic carbocycles. The number of rotatable bonds is 10. The molecule has 14 heteroatoms. The SMILES string of the molecule is CCOc1cncc(-c2cnc(C(=O)N[C@@H](c3cccc(NS(=O)(=O)C(F)F)c3)C(C)(C)O)s2)n1. The molecule has 10 nitrogen and oxygen atoms in total. The number of anilines is 1. The van der Waals surface area contributed by atoms with Crippen molar-refractivity contribution in [2.24, 2.45) is 0 Å². The van der Waals surface area contributed by atoms with E-state index in [0.717, 1.165) is 11.3 Å². The zero-order valence-electron chi connectivity index (χ0n) is 18.9. The summed E-state index contributed by atoms with van der Waals surface area (Å²) in [7, 11) is -4.89. The number of amides is 1. The van der Waals surface area contributed by atoms with Crippen molar-refractivity contribution < 1.29 is 31.8 Å². The molecule has 0 saturated carbocycles. The predicted molar refractivity (Wildman–Crippen MR) is 126 cm³/mol. The topological polar surface area (TPSA) is 143 Å². The second kappa shape index (κ2) is 10.6. The highest BCUT2D eigenvalue weighted by molar-refractivity contribution is 7.93. The minimum Gasteiger partial charge on any atom is -0.477 e. The average Bonchev–Trinajstić information content (AvgIpc) is 3.27. The Morgan fingerprint density at radius 2 is 2.00 bits per heavy atom. The van der Waals surface area contributed by atoms with Gasteiger partial charge in [-0.05, 0) is 38.5 Å². The Bertz CT molecular complexity index is 1300. The highest BCUT2D eigenvalue weighted by Crippen LogP contribution is 2.30. The molecule has 0 aliphatic heterocycles. The molecule has 1 aromatic carbocycles. The zero-order valence-corrected chi connectivity index (χ0v) is 20.5. The first-order valence-corrected chi connectivity index (χ1v) is 12.6. The van der Waals surface area contributed by atoms with E-state index in [1.807, 2.05) is 6.92 Å². The van der Waals surface area contributed by atoms with Crippen LogP contribution in [0, 0.1) is 0 Å². The summed E-state index contributed by atoms with van der Waals surface area (Å²) in [6, 6.07) is 4.43. The smallest absolute Gasteiger partial charge is 0.355 e. The van der Waals surface area contributed by atoms with E-state index in [1.165, 1.54) is 56.7 Å². The lowest BCUT2D eigenvalue weighted by molar-refractivity contribution is 0.0344. The standard InChI is InChI=1S/C21H23F2N5O5S2/c1-4-33-16-11-24-9-14(26-16)15-10-25-19(34-15)18(29)27-17(21(2,3)30)12-6-5-7-13(8-12)28-35(31,32)20(22)23/h5-11,17,20,28,30H,4H2,1-3H3,(H,27,29)/t17-/m0/s1. The third kappa shape index (κ3) is 6.68. The Hall–Kier alpha value is -3.23. The van der Waals surface area contributed by atoms with Crippen LogP contribution in [0.2, 0.25) is 0 Å². The van der Waals surface area contributed by atoms with Gasteiger partial charge >= 0.3 is 5.76 Å². The van der Waals surface area contributed by atoms with Crippen molar-refractivity contribution in [3.63, 3.8) is 0 Å². The summed E-state index contributed by atoms with van der Waals surface area (Å²) in [6.07, 6.45) is 4.42. The monoisotopic (exact) mass is 527 g/mol. The van der Waals surface area contributed by atoms with E-state index < -0.39 is 33.3 Å². The van der Waals surface area contributed by atoms with Gasteiger partial charge in [-0.15, -0.1) is 11.3 Å². The largest absolute Gasteiger partial charge is 0.477 e. The second-order valence-electron chi connectivity index (χ2n) is 7.80. The first-order chi connectivity index (χ1) is 16.4. The summed E-state index contributed by atoms with van der Waals surface area (Å²) in [6.45, 7) is 5.11. The Morgan fingerprint density at radius 1 is 1.26 bits per heavy atom. The maximum atomic E-state index is 12.9. The summed E-state index contributed by atoms with van der Waals surface area (Å²) in [5.41, 5.74) is -0.902. The van der Waals surface area contributed by atoms with Crippen molar-refractivity contribution in [3.05, 3.63) is 53.4 Å². The molecule has 2 aromatic heterocycles. The van der Waals surface area contributed by atoms with Gasteiger partial charge in [0.1, 0.15) is 5.69 Å². The van der Waals surface area contributed by atoms with Gasteiger partial charge in [0.05, 0.1) is 35.5 Å². The third-order valence-corrected chi connectivity index (χ3v) is 6.56. The van der Waals surface area contributed by atoms with Crippen LogP contribution in [-0.2, 0) is 10.0 Å². The predicted octanol–water partition coefficient (Wildman–Crippen LogP) is 3.21. The van der Waals surface area contributed by atoms with Crippen LogP contribution < -0.4 is 14.8 Å². The minimum atomic E-state index is -4.89. The quantitative estimate of drug-likeness (QED) is 0.365. The molecule has 0 bridgehead atoms. The van der Waals surface area contributed by atoms with E-state index in [4.69, 9.17) is 4.74 Å². The number of thiazole rings is 1. The number of alkyl halides is 2. The molecule has 0 aliphatic rings. The van der Waals surface area contributed by atoms with E-state index in [9.17, 15) is 27.1 Å². The molecule has 1 amide bonds. The van der Waals surface area contributed by atoms with Gasteiger partial charge in [0.15, 0.2) is 5.01 Å². The van der Waals surface area contributed by atoms with Gasteiger partial charge < -0.3 is 15.2 Å². The van der Waals surface area contributed by atoms with Crippen LogP contribution in [0.4, 0.5) is 14.5 Å². The lowest BCUT2D eigenvalue weighted by Crippen LogP contribution is -2.42.